The largest absolute Gasteiger partial charge is 0.495 e. The summed E-state index contributed by atoms with van der Waals surface area (Å²) in [6.45, 7) is 4.40. The summed E-state index contributed by atoms with van der Waals surface area (Å²) in [5.74, 6) is 1.05. The van der Waals surface area contributed by atoms with Crippen LogP contribution in [-0.2, 0) is 10.0 Å². The van der Waals surface area contributed by atoms with Gasteiger partial charge in [0.05, 0.1) is 12.8 Å². The molecule has 0 aliphatic heterocycles. The van der Waals surface area contributed by atoms with E-state index in [9.17, 15) is 13.2 Å². The van der Waals surface area contributed by atoms with Crippen molar-refractivity contribution >= 4 is 15.9 Å². The molecule has 1 aliphatic rings. The van der Waals surface area contributed by atoms with Gasteiger partial charge in [-0.25, -0.2) is 12.7 Å². The van der Waals surface area contributed by atoms with Gasteiger partial charge < -0.3 is 10.1 Å². The zero-order chi connectivity index (χ0) is 22.1. The van der Waals surface area contributed by atoms with Crippen molar-refractivity contribution in [1.29, 1.82) is 0 Å². The molecule has 1 heterocycles. The van der Waals surface area contributed by atoms with Gasteiger partial charge in [-0.2, -0.15) is 5.10 Å². The second kappa shape index (κ2) is 8.77. The van der Waals surface area contributed by atoms with E-state index in [4.69, 9.17) is 4.74 Å². The lowest BCUT2D eigenvalue weighted by Gasteiger charge is -2.34. The molecule has 1 aromatic carbocycles. The van der Waals surface area contributed by atoms with Crippen LogP contribution in [0.3, 0.4) is 0 Å². The third kappa shape index (κ3) is 4.37. The summed E-state index contributed by atoms with van der Waals surface area (Å²) in [6, 6.07) is 6.60. The number of nitrogens with one attached hydrogen (secondary N) is 2. The summed E-state index contributed by atoms with van der Waals surface area (Å²) in [4.78, 5) is 12.8. The van der Waals surface area contributed by atoms with E-state index in [0.717, 1.165) is 17.1 Å². The molecule has 1 amide bonds. The SMILES string of the molecule is COc1ccc(-c2cc(C(=O)N[C@@H]3CCC[C@@H](C)[C@@H]3C)[nH]n2)cc1S(=O)(=O)N(C)C. The van der Waals surface area contributed by atoms with Gasteiger partial charge in [0.25, 0.3) is 5.91 Å². The van der Waals surface area contributed by atoms with E-state index in [1.807, 2.05) is 0 Å². The lowest BCUT2D eigenvalue weighted by Crippen LogP contribution is -2.43. The van der Waals surface area contributed by atoms with E-state index < -0.39 is 10.0 Å². The number of benzene rings is 1. The van der Waals surface area contributed by atoms with Gasteiger partial charge in [-0.1, -0.05) is 26.7 Å². The Balaban J connectivity index is 1.85. The van der Waals surface area contributed by atoms with Gasteiger partial charge in [-0.05, 0) is 42.5 Å². The summed E-state index contributed by atoms with van der Waals surface area (Å²) in [5.41, 5.74) is 1.41. The number of hydrogen-bond acceptors (Lipinski definition) is 5. The lowest BCUT2D eigenvalue weighted by atomic mass is 9.78. The van der Waals surface area contributed by atoms with E-state index in [-0.39, 0.29) is 22.6 Å². The Bertz CT molecular complexity index is 1020. The molecule has 1 aliphatic carbocycles. The molecule has 3 atom stereocenters. The molecule has 2 aromatic rings. The molecule has 3 rings (SSSR count). The predicted octanol–water partition coefficient (Wildman–Crippen LogP) is 2.89. The highest BCUT2D eigenvalue weighted by atomic mass is 32.2. The second-order valence-electron chi connectivity index (χ2n) is 8.17. The maximum Gasteiger partial charge on any atom is 0.269 e. The fourth-order valence-corrected chi connectivity index (χ4v) is 4.93. The number of nitrogens with zero attached hydrogens (tertiary/aromatic N) is 2. The van der Waals surface area contributed by atoms with Gasteiger partial charge in [0.2, 0.25) is 10.0 Å². The minimum Gasteiger partial charge on any atom is -0.495 e. The molecule has 2 N–H and O–H groups in total. The summed E-state index contributed by atoms with van der Waals surface area (Å²) >= 11 is 0. The number of aromatic amines is 1. The number of ether oxygens (including phenoxy) is 1. The van der Waals surface area contributed by atoms with Gasteiger partial charge in [-0.3, -0.25) is 9.89 Å². The van der Waals surface area contributed by atoms with Crippen LogP contribution in [0.4, 0.5) is 0 Å². The minimum absolute atomic E-state index is 0.0477. The van der Waals surface area contributed by atoms with Crippen molar-refractivity contribution < 1.29 is 17.9 Å². The third-order valence-corrected chi connectivity index (χ3v) is 7.90. The van der Waals surface area contributed by atoms with Crippen molar-refractivity contribution in [2.24, 2.45) is 11.8 Å². The van der Waals surface area contributed by atoms with Gasteiger partial charge in [0, 0.05) is 25.7 Å². The molecule has 30 heavy (non-hydrogen) atoms. The molecule has 0 spiro atoms. The number of methoxy groups -OCH3 is 1. The van der Waals surface area contributed by atoms with Crippen LogP contribution in [0.2, 0.25) is 0 Å². The number of sulfonamides is 1. The molecule has 1 saturated carbocycles. The zero-order valence-corrected chi connectivity index (χ0v) is 18.9. The second-order valence-corrected chi connectivity index (χ2v) is 10.3. The number of aromatic nitrogens is 2. The first kappa shape index (κ1) is 22.3. The van der Waals surface area contributed by atoms with Crippen LogP contribution in [0.15, 0.2) is 29.2 Å². The minimum atomic E-state index is -3.70. The number of H-pyrrole nitrogens is 1. The molecule has 164 valence electrons. The van der Waals surface area contributed by atoms with Crippen molar-refractivity contribution in [3.8, 4) is 17.0 Å². The molecule has 1 fully saturated rings. The van der Waals surface area contributed by atoms with Crippen LogP contribution in [-0.4, -0.2) is 56.1 Å². The number of hydrogen-bond donors (Lipinski definition) is 2. The summed E-state index contributed by atoms with van der Waals surface area (Å²) in [6.07, 6.45) is 3.28. The maximum atomic E-state index is 12.7. The van der Waals surface area contributed by atoms with Crippen LogP contribution >= 0.6 is 0 Å². The molecule has 8 nitrogen and oxygen atoms in total. The number of amides is 1. The normalized spacial score (nSPS) is 22.1. The third-order valence-electron chi connectivity index (χ3n) is 6.06. The quantitative estimate of drug-likeness (QED) is 0.727. The number of rotatable bonds is 6. The van der Waals surface area contributed by atoms with Crippen molar-refractivity contribution in [3.63, 3.8) is 0 Å². The van der Waals surface area contributed by atoms with E-state index in [2.05, 4.69) is 29.4 Å². The van der Waals surface area contributed by atoms with Crippen LogP contribution in [0.5, 0.6) is 5.75 Å². The maximum absolute atomic E-state index is 12.7. The standard InChI is InChI=1S/C21H30N4O4S/c1-13-7-6-8-16(14(13)2)22-21(26)18-12-17(23-24-18)15-9-10-19(29-5)20(11-15)30(27,28)25(3)4/h9-14,16H,6-8H2,1-5H3,(H,22,26)(H,23,24)/t13-,14+,16-/m1/s1. The molecule has 0 bridgehead atoms. The zero-order valence-electron chi connectivity index (χ0n) is 18.1. The first-order chi connectivity index (χ1) is 14.1. The van der Waals surface area contributed by atoms with Crippen LogP contribution < -0.4 is 10.1 Å². The average molecular weight is 435 g/mol. The van der Waals surface area contributed by atoms with E-state index in [1.54, 1.807) is 18.2 Å². The first-order valence-electron chi connectivity index (χ1n) is 10.1. The van der Waals surface area contributed by atoms with Crippen LogP contribution in [0, 0.1) is 11.8 Å². The first-order valence-corrected chi connectivity index (χ1v) is 11.6. The van der Waals surface area contributed by atoms with Crippen LogP contribution in [0.1, 0.15) is 43.6 Å². The summed E-state index contributed by atoms with van der Waals surface area (Å²) < 4.78 is 31.6. The van der Waals surface area contributed by atoms with Gasteiger partial charge >= 0.3 is 0 Å². The Hall–Kier alpha value is -2.39. The molecular weight excluding hydrogens is 404 g/mol. The Morgan fingerprint density at radius 1 is 1.23 bits per heavy atom. The molecular formula is C21H30N4O4S. The monoisotopic (exact) mass is 434 g/mol. The number of carbonyl (C=O) groups is 1. The van der Waals surface area contributed by atoms with E-state index in [0.29, 0.717) is 28.8 Å². The van der Waals surface area contributed by atoms with Gasteiger partial charge in [-0.15, -0.1) is 0 Å². The molecule has 1 aromatic heterocycles. The summed E-state index contributed by atoms with van der Waals surface area (Å²) in [7, 11) is 0.653. The van der Waals surface area contributed by atoms with Crippen LogP contribution in [0.25, 0.3) is 11.3 Å². The van der Waals surface area contributed by atoms with Crippen molar-refractivity contribution in [2.75, 3.05) is 21.2 Å². The van der Waals surface area contributed by atoms with E-state index >= 15 is 0 Å². The average Bonchev–Trinajstić information content (AvgIpc) is 3.21. The van der Waals surface area contributed by atoms with E-state index in [1.165, 1.54) is 33.7 Å². The molecule has 0 radical (unpaired) electrons. The number of carbonyl (C=O) groups excluding carboxylic acids is 1. The Morgan fingerprint density at radius 3 is 2.63 bits per heavy atom. The van der Waals surface area contributed by atoms with Gasteiger partial charge in [0.1, 0.15) is 16.3 Å². The fraction of sp³-hybridized carbons (Fsp3) is 0.524. The highest BCUT2D eigenvalue weighted by Crippen LogP contribution is 2.31. The van der Waals surface area contributed by atoms with Crippen molar-refractivity contribution in [2.45, 2.75) is 44.0 Å². The molecule has 0 saturated heterocycles. The Labute approximate surface area is 178 Å². The van der Waals surface area contributed by atoms with Gasteiger partial charge in [0.15, 0.2) is 0 Å². The highest BCUT2D eigenvalue weighted by Gasteiger charge is 2.29. The lowest BCUT2D eigenvalue weighted by molar-refractivity contribution is 0.0886. The highest BCUT2D eigenvalue weighted by molar-refractivity contribution is 7.89. The smallest absolute Gasteiger partial charge is 0.269 e. The van der Waals surface area contributed by atoms with Crippen molar-refractivity contribution in [1.82, 2.24) is 19.8 Å². The fourth-order valence-electron chi connectivity index (χ4n) is 3.85. The molecule has 9 heteroatoms. The molecule has 0 unspecified atom stereocenters. The Kier molecular flexibility index (Phi) is 6.52. The predicted molar refractivity (Wildman–Crippen MR) is 115 cm³/mol. The van der Waals surface area contributed by atoms with Crippen molar-refractivity contribution in [3.05, 3.63) is 30.0 Å². The Morgan fingerprint density at radius 2 is 1.97 bits per heavy atom. The summed E-state index contributed by atoms with van der Waals surface area (Å²) in [5, 5.41) is 10.1. The topological polar surface area (TPSA) is 104 Å².